The molecule has 0 saturated heterocycles. The predicted octanol–water partition coefficient (Wildman–Crippen LogP) is 4.07. The number of rotatable bonds is 4. The predicted molar refractivity (Wildman–Crippen MR) is 80.0 cm³/mol. The second-order valence-corrected chi connectivity index (χ2v) is 6.44. The second kappa shape index (κ2) is 5.77. The molecule has 1 unspecified atom stereocenters. The van der Waals surface area contributed by atoms with Crippen molar-refractivity contribution in [3.05, 3.63) is 28.8 Å². The average molecular weight is 262 g/mol. The Hall–Kier alpha value is -1.31. The van der Waals surface area contributed by atoms with E-state index >= 15 is 0 Å². The van der Waals surface area contributed by atoms with E-state index in [9.17, 15) is 4.79 Å². The highest BCUT2D eigenvalue weighted by Gasteiger charge is 2.21. The van der Waals surface area contributed by atoms with Crippen LogP contribution in [-0.4, -0.2) is 12.9 Å². The maximum absolute atomic E-state index is 11.4. The molecular weight excluding hydrogens is 236 g/mol. The summed E-state index contributed by atoms with van der Waals surface area (Å²) in [4.78, 5) is 11.4. The number of carbonyl (C=O) groups is 1. The van der Waals surface area contributed by atoms with Gasteiger partial charge in [0.05, 0.1) is 7.11 Å². The van der Waals surface area contributed by atoms with Crippen molar-refractivity contribution in [2.75, 3.05) is 7.11 Å². The number of Topliss-reactive ketones (excluding diaryl/α,β-unsaturated/α-hetero) is 1. The quantitative estimate of drug-likeness (QED) is 0.817. The van der Waals surface area contributed by atoms with Gasteiger partial charge in [-0.25, -0.2) is 0 Å². The van der Waals surface area contributed by atoms with Gasteiger partial charge in [0, 0.05) is 5.92 Å². The zero-order valence-electron chi connectivity index (χ0n) is 13.3. The van der Waals surface area contributed by atoms with Gasteiger partial charge in [-0.2, -0.15) is 0 Å². The Bertz CT molecular complexity index is 467. The lowest BCUT2D eigenvalue weighted by molar-refractivity contribution is -0.120. The summed E-state index contributed by atoms with van der Waals surface area (Å²) in [5.74, 6) is 1.25. The Kier molecular flexibility index (Phi) is 4.78. The molecule has 0 amide bonds. The van der Waals surface area contributed by atoms with Crippen molar-refractivity contribution < 1.29 is 9.53 Å². The fourth-order valence-corrected chi connectivity index (χ4v) is 2.17. The summed E-state index contributed by atoms with van der Waals surface area (Å²) < 4.78 is 5.49. The molecule has 2 heteroatoms. The minimum Gasteiger partial charge on any atom is -0.496 e. The molecular formula is C17H26O2. The van der Waals surface area contributed by atoms with Crippen LogP contribution in [0.2, 0.25) is 0 Å². The summed E-state index contributed by atoms with van der Waals surface area (Å²) in [6, 6.07) is 4.29. The summed E-state index contributed by atoms with van der Waals surface area (Å²) in [6.45, 7) is 12.3. The molecule has 0 aliphatic heterocycles. The van der Waals surface area contributed by atoms with Crippen LogP contribution >= 0.6 is 0 Å². The third-order valence-electron chi connectivity index (χ3n) is 3.69. The largest absolute Gasteiger partial charge is 0.496 e. The molecule has 1 aromatic rings. The molecule has 0 fully saturated rings. The van der Waals surface area contributed by atoms with Crippen LogP contribution in [0, 0.1) is 12.8 Å². The highest BCUT2D eigenvalue weighted by Crippen LogP contribution is 2.34. The van der Waals surface area contributed by atoms with Crippen LogP contribution in [0.5, 0.6) is 5.75 Å². The van der Waals surface area contributed by atoms with E-state index in [1.807, 2.05) is 6.92 Å². The van der Waals surface area contributed by atoms with E-state index in [1.54, 1.807) is 14.0 Å². The van der Waals surface area contributed by atoms with Gasteiger partial charge in [0.15, 0.2) is 0 Å². The summed E-state index contributed by atoms with van der Waals surface area (Å²) in [5.41, 5.74) is 3.67. The summed E-state index contributed by atoms with van der Waals surface area (Å²) >= 11 is 0. The number of benzene rings is 1. The highest BCUT2D eigenvalue weighted by molar-refractivity contribution is 5.78. The van der Waals surface area contributed by atoms with Crippen LogP contribution in [0.15, 0.2) is 12.1 Å². The van der Waals surface area contributed by atoms with Crippen LogP contribution in [-0.2, 0) is 16.6 Å². The standard InChI is InChI=1S/C17H26O2/c1-11(13(3)18)8-14-10-15(17(4,5)6)16(19-7)9-12(14)2/h9-11H,8H2,1-7H3. The lowest BCUT2D eigenvalue weighted by Gasteiger charge is -2.24. The molecule has 0 radical (unpaired) electrons. The van der Waals surface area contributed by atoms with Gasteiger partial charge in [-0.05, 0) is 48.4 Å². The maximum Gasteiger partial charge on any atom is 0.132 e. The van der Waals surface area contributed by atoms with Crippen LogP contribution in [0.25, 0.3) is 0 Å². The molecule has 0 spiro atoms. The third kappa shape index (κ3) is 3.82. The molecule has 1 atom stereocenters. The lowest BCUT2D eigenvalue weighted by atomic mass is 9.83. The number of hydrogen-bond donors (Lipinski definition) is 0. The van der Waals surface area contributed by atoms with Gasteiger partial charge in [-0.3, -0.25) is 4.79 Å². The molecule has 1 rings (SSSR count). The molecule has 0 N–H and O–H groups in total. The summed E-state index contributed by atoms with van der Waals surface area (Å²) in [6.07, 6.45) is 0.800. The molecule has 0 aliphatic carbocycles. The minimum atomic E-state index is 0.0350. The smallest absolute Gasteiger partial charge is 0.132 e. The maximum atomic E-state index is 11.4. The normalized spacial score (nSPS) is 13.2. The van der Waals surface area contributed by atoms with E-state index in [0.29, 0.717) is 0 Å². The van der Waals surface area contributed by atoms with Crippen molar-refractivity contribution in [1.29, 1.82) is 0 Å². The van der Waals surface area contributed by atoms with Gasteiger partial charge in [-0.1, -0.05) is 33.8 Å². The first kappa shape index (κ1) is 15.7. The molecule has 0 saturated carbocycles. The molecule has 2 nitrogen and oxygen atoms in total. The van der Waals surface area contributed by atoms with Gasteiger partial charge < -0.3 is 4.74 Å². The van der Waals surface area contributed by atoms with Gasteiger partial charge in [0.2, 0.25) is 0 Å². The number of aryl methyl sites for hydroxylation is 1. The Morgan fingerprint density at radius 3 is 2.32 bits per heavy atom. The number of ketones is 1. The van der Waals surface area contributed by atoms with Crippen molar-refractivity contribution in [1.82, 2.24) is 0 Å². The van der Waals surface area contributed by atoms with Crippen LogP contribution < -0.4 is 4.74 Å². The van der Waals surface area contributed by atoms with E-state index in [-0.39, 0.29) is 17.1 Å². The van der Waals surface area contributed by atoms with E-state index in [1.165, 1.54) is 16.7 Å². The van der Waals surface area contributed by atoms with Crippen LogP contribution in [0.3, 0.4) is 0 Å². The van der Waals surface area contributed by atoms with E-state index < -0.39 is 0 Å². The number of hydrogen-bond acceptors (Lipinski definition) is 2. The molecule has 106 valence electrons. The average Bonchev–Trinajstić information content (AvgIpc) is 2.29. The molecule has 0 aliphatic rings. The molecule has 19 heavy (non-hydrogen) atoms. The van der Waals surface area contributed by atoms with Gasteiger partial charge >= 0.3 is 0 Å². The Balaban J connectivity index is 3.24. The van der Waals surface area contributed by atoms with E-state index in [0.717, 1.165) is 12.2 Å². The number of ether oxygens (including phenoxy) is 1. The van der Waals surface area contributed by atoms with Crippen LogP contribution in [0.1, 0.15) is 51.3 Å². The first-order valence-corrected chi connectivity index (χ1v) is 6.85. The van der Waals surface area contributed by atoms with E-state index in [2.05, 4.69) is 39.8 Å². The number of methoxy groups -OCH3 is 1. The highest BCUT2D eigenvalue weighted by atomic mass is 16.5. The Morgan fingerprint density at radius 2 is 1.89 bits per heavy atom. The second-order valence-electron chi connectivity index (χ2n) is 6.44. The lowest BCUT2D eigenvalue weighted by Crippen LogP contribution is -2.16. The zero-order valence-corrected chi connectivity index (χ0v) is 13.3. The molecule has 0 aromatic heterocycles. The van der Waals surface area contributed by atoms with Crippen molar-refractivity contribution in [3.63, 3.8) is 0 Å². The first-order chi connectivity index (χ1) is 8.66. The Morgan fingerprint density at radius 1 is 1.32 bits per heavy atom. The summed E-state index contributed by atoms with van der Waals surface area (Å²) in [7, 11) is 1.71. The fraction of sp³-hybridized carbons (Fsp3) is 0.588. The SMILES string of the molecule is COc1cc(C)c(CC(C)C(C)=O)cc1C(C)(C)C. The van der Waals surface area contributed by atoms with Crippen molar-refractivity contribution in [2.45, 2.75) is 53.4 Å². The fourth-order valence-electron chi connectivity index (χ4n) is 2.17. The topological polar surface area (TPSA) is 26.3 Å². The molecule has 1 aromatic carbocycles. The monoisotopic (exact) mass is 262 g/mol. The van der Waals surface area contributed by atoms with Crippen LogP contribution in [0.4, 0.5) is 0 Å². The zero-order chi connectivity index (χ0) is 14.8. The minimum absolute atomic E-state index is 0.0350. The van der Waals surface area contributed by atoms with Gasteiger partial charge in [0.1, 0.15) is 11.5 Å². The third-order valence-corrected chi connectivity index (χ3v) is 3.69. The Labute approximate surface area is 117 Å². The van der Waals surface area contributed by atoms with Gasteiger partial charge in [-0.15, -0.1) is 0 Å². The first-order valence-electron chi connectivity index (χ1n) is 6.85. The molecule has 0 bridgehead atoms. The summed E-state index contributed by atoms with van der Waals surface area (Å²) in [5, 5.41) is 0. The van der Waals surface area contributed by atoms with Crippen molar-refractivity contribution in [2.24, 2.45) is 5.92 Å². The van der Waals surface area contributed by atoms with Gasteiger partial charge in [0.25, 0.3) is 0 Å². The van der Waals surface area contributed by atoms with E-state index in [4.69, 9.17) is 4.74 Å². The molecule has 0 heterocycles. The van der Waals surface area contributed by atoms with Crippen molar-refractivity contribution in [3.8, 4) is 5.75 Å². The van der Waals surface area contributed by atoms with Crippen molar-refractivity contribution >= 4 is 5.78 Å². The number of carbonyl (C=O) groups excluding carboxylic acids is 1.